The van der Waals surface area contributed by atoms with Gasteiger partial charge in [0.1, 0.15) is 0 Å². The van der Waals surface area contributed by atoms with E-state index in [1.807, 2.05) is 103 Å². The molecule has 0 unspecified atom stereocenters. The average molecular weight is 514 g/mol. The largest absolute Gasteiger partial charge is 0.277 e. The first-order valence-corrected chi connectivity index (χ1v) is 12.7. The van der Waals surface area contributed by atoms with Crippen molar-refractivity contribution >= 4 is 39.6 Å². The minimum atomic E-state index is 0.485. The molecule has 0 atom stereocenters. The Morgan fingerprint density at radius 2 is 0.974 bits per heavy atom. The zero-order chi connectivity index (χ0) is 26.0. The third-order valence-electron chi connectivity index (χ3n) is 5.76. The average Bonchev–Trinajstić information content (AvgIpc) is 3.43. The van der Waals surface area contributed by atoms with Crippen molar-refractivity contribution in [1.29, 1.82) is 0 Å². The fourth-order valence-electron chi connectivity index (χ4n) is 3.89. The van der Waals surface area contributed by atoms with Gasteiger partial charge in [0.15, 0.2) is 0 Å². The van der Waals surface area contributed by atoms with Gasteiger partial charge in [0.2, 0.25) is 5.11 Å². The first kappa shape index (κ1) is 24.7. The van der Waals surface area contributed by atoms with E-state index in [9.17, 15) is 0 Å². The molecule has 0 aliphatic rings. The summed E-state index contributed by atoms with van der Waals surface area (Å²) in [7, 11) is 0. The van der Waals surface area contributed by atoms with Gasteiger partial charge in [-0.2, -0.15) is 10.2 Å². The first-order valence-electron chi connectivity index (χ1n) is 12.3. The molecule has 6 heteroatoms. The topological polar surface area (TPSA) is 45.1 Å². The van der Waals surface area contributed by atoms with Gasteiger partial charge in [0.25, 0.3) is 0 Å². The number of thiocarbonyl (C=S) groups is 1. The molecule has 0 bridgehead atoms. The molecule has 1 aromatic heterocycles. The van der Waals surface area contributed by atoms with E-state index >= 15 is 0 Å². The van der Waals surface area contributed by atoms with E-state index in [0.29, 0.717) is 5.11 Å². The number of hydrogen-bond acceptors (Lipinski definition) is 4. The van der Waals surface area contributed by atoms with Gasteiger partial charge in [0.05, 0.1) is 23.1 Å². The predicted molar refractivity (Wildman–Crippen MR) is 162 cm³/mol. The smallest absolute Gasteiger partial charge is 0.236 e. The molecule has 0 aliphatic heterocycles. The number of fused-ring (bicyclic) bond motifs is 1. The predicted octanol–water partition coefficient (Wildman–Crippen LogP) is 7.88. The number of hydrogen-bond donors (Lipinski definition) is 2. The van der Waals surface area contributed by atoms with Gasteiger partial charge in [-0.1, -0.05) is 115 Å². The zero-order valence-electron chi connectivity index (χ0n) is 20.7. The van der Waals surface area contributed by atoms with Gasteiger partial charge >= 0.3 is 0 Å². The van der Waals surface area contributed by atoms with E-state index in [1.54, 1.807) is 9.80 Å². The van der Waals surface area contributed by atoms with Crippen LogP contribution in [0.5, 0.6) is 0 Å². The van der Waals surface area contributed by atoms with Crippen LogP contribution in [0, 0.1) is 0 Å². The van der Waals surface area contributed by atoms with E-state index in [-0.39, 0.29) is 0 Å². The molecule has 0 spiro atoms. The van der Waals surface area contributed by atoms with E-state index in [0.717, 1.165) is 22.3 Å². The number of rotatable bonds is 5. The quantitative estimate of drug-likeness (QED) is 0.181. The van der Waals surface area contributed by atoms with Crippen LogP contribution in [0.3, 0.4) is 0 Å². The van der Waals surface area contributed by atoms with Crippen LogP contribution in [-0.4, -0.2) is 20.0 Å². The normalized spacial score (nSPS) is 10.2. The Hall–Kier alpha value is -4.94. The molecular formula is C32H27N5S. The summed E-state index contributed by atoms with van der Waals surface area (Å²) in [6.07, 6.45) is 1.81. The lowest BCUT2D eigenvalue weighted by Gasteiger charge is -2.27. The Morgan fingerprint density at radius 3 is 1.47 bits per heavy atom. The van der Waals surface area contributed by atoms with Gasteiger partial charge in [-0.05, 0) is 53.7 Å². The van der Waals surface area contributed by atoms with Crippen LogP contribution in [0.15, 0.2) is 152 Å². The molecule has 5 nitrogen and oxygen atoms in total. The van der Waals surface area contributed by atoms with Crippen molar-refractivity contribution in [3.8, 4) is 11.1 Å². The van der Waals surface area contributed by atoms with Gasteiger partial charge in [0, 0.05) is 5.39 Å². The van der Waals surface area contributed by atoms with Crippen LogP contribution >= 0.6 is 12.2 Å². The van der Waals surface area contributed by atoms with Crippen molar-refractivity contribution < 1.29 is 0 Å². The second kappa shape index (κ2) is 12.3. The van der Waals surface area contributed by atoms with Gasteiger partial charge in [-0.3, -0.25) is 10.9 Å². The monoisotopic (exact) mass is 513 g/mol. The molecule has 1 heterocycles. The van der Waals surface area contributed by atoms with Crippen LogP contribution in [0.2, 0.25) is 0 Å². The molecule has 0 fully saturated rings. The van der Waals surface area contributed by atoms with Crippen molar-refractivity contribution in [1.82, 2.24) is 14.9 Å². The Labute approximate surface area is 227 Å². The molecule has 38 heavy (non-hydrogen) atoms. The number of nitrogens with zero attached hydrogens (tertiary/aromatic N) is 3. The van der Waals surface area contributed by atoms with Crippen molar-refractivity contribution in [2.75, 3.05) is 10.9 Å². The molecule has 5 aromatic carbocycles. The van der Waals surface area contributed by atoms with Crippen molar-refractivity contribution in [2.24, 2.45) is 0 Å². The van der Waals surface area contributed by atoms with Crippen LogP contribution in [0.1, 0.15) is 0 Å². The molecule has 6 rings (SSSR count). The number of nitrogens with one attached hydrogen (secondary N) is 2. The summed E-state index contributed by atoms with van der Waals surface area (Å²) >= 11 is 5.72. The summed E-state index contributed by atoms with van der Waals surface area (Å²) in [5.74, 6) is 0. The van der Waals surface area contributed by atoms with Gasteiger partial charge in [-0.25, -0.2) is 4.68 Å². The third-order valence-corrected chi connectivity index (χ3v) is 6.12. The second-order valence-corrected chi connectivity index (χ2v) is 8.79. The lowest BCUT2D eigenvalue weighted by molar-refractivity contribution is 0.578. The molecule has 0 radical (unpaired) electrons. The highest BCUT2D eigenvalue weighted by Gasteiger charge is 2.15. The van der Waals surface area contributed by atoms with E-state index in [4.69, 9.17) is 12.2 Å². The fourth-order valence-corrected chi connectivity index (χ4v) is 4.12. The zero-order valence-corrected chi connectivity index (χ0v) is 21.5. The molecular weight excluding hydrogens is 486 g/mol. The number of hydrazine groups is 2. The van der Waals surface area contributed by atoms with Gasteiger partial charge in [-0.15, -0.1) is 0 Å². The molecule has 0 saturated carbocycles. The Morgan fingerprint density at radius 1 is 0.553 bits per heavy atom. The van der Waals surface area contributed by atoms with Gasteiger partial charge < -0.3 is 0 Å². The van der Waals surface area contributed by atoms with E-state index < -0.39 is 0 Å². The lowest BCUT2D eigenvalue weighted by atomic mass is 10.1. The highest BCUT2D eigenvalue weighted by atomic mass is 32.1. The molecule has 0 saturated heterocycles. The number of benzene rings is 5. The maximum Gasteiger partial charge on any atom is 0.236 e. The summed E-state index contributed by atoms with van der Waals surface area (Å²) in [6.45, 7) is 0. The summed E-state index contributed by atoms with van der Waals surface area (Å²) < 4.78 is 1.73. The summed E-state index contributed by atoms with van der Waals surface area (Å²) in [6, 6.07) is 48.5. The molecule has 2 N–H and O–H groups in total. The fraction of sp³-hybridized carbons (Fsp3) is 0. The minimum absolute atomic E-state index is 0.485. The summed E-state index contributed by atoms with van der Waals surface area (Å²) in [5, 5.41) is 7.67. The Bertz CT molecular complexity index is 1490. The highest BCUT2D eigenvalue weighted by Crippen LogP contribution is 2.18. The maximum atomic E-state index is 5.72. The SMILES string of the molecule is S=C(N(Nc1ccccc1)Nc1ccccc1)n1ncc2ccccc21.c1ccc(-c2ccccc2)cc1. The molecule has 186 valence electrons. The lowest BCUT2D eigenvalue weighted by Crippen LogP contribution is -2.43. The summed E-state index contributed by atoms with van der Waals surface area (Å²) in [4.78, 5) is 0. The molecule has 0 amide bonds. The summed E-state index contributed by atoms with van der Waals surface area (Å²) in [5.41, 5.74) is 11.9. The first-order chi connectivity index (χ1) is 18.8. The van der Waals surface area contributed by atoms with E-state index in [2.05, 4.69) is 64.5 Å². The second-order valence-electron chi connectivity index (χ2n) is 8.42. The number of anilines is 2. The highest BCUT2D eigenvalue weighted by molar-refractivity contribution is 7.80. The van der Waals surface area contributed by atoms with Crippen molar-refractivity contribution in [2.45, 2.75) is 0 Å². The Balaban J connectivity index is 0.000000204. The maximum absolute atomic E-state index is 5.72. The van der Waals surface area contributed by atoms with E-state index in [1.165, 1.54) is 11.1 Å². The van der Waals surface area contributed by atoms with Crippen LogP contribution in [0.4, 0.5) is 11.4 Å². The number of para-hydroxylation sites is 3. The Kier molecular flexibility index (Phi) is 8.04. The standard InChI is InChI=1S/C20H17N5S.C12H10/c26-20(24-19-14-8-7-9-16(19)15-21-24)25(22-17-10-3-1-4-11-17)23-18-12-5-2-6-13-18;1-3-7-11(8-4-1)12-9-5-2-6-10-12/h1-15,22-23H;1-10H. The van der Waals surface area contributed by atoms with Crippen LogP contribution < -0.4 is 10.9 Å². The van der Waals surface area contributed by atoms with Crippen molar-refractivity contribution in [3.05, 3.63) is 152 Å². The van der Waals surface area contributed by atoms with Crippen LogP contribution in [-0.2, 0) is 0 Å². The van der Waals surface area contributed by atoms with Crippen molar-refractivity contribution in [3.63, 3.8) is 0 Å². The number of aromatic nitrogens is 2. The minimum Gasteiger partial charge on any atom is -0.277 e. The molecule has 6 aromatic rings. The third kappa shape index (κ3) is 6.24. The van der Waals surface area contributed by atoms with Crippen LogP contribution in [0.25, 0.3) is 22.0 Å². The molecule has 0 aliphatic carbocycles.